The number of carbonyl (C=O) groups is 1. The summed E-state index contributed by atoms with van der Waals surface area (Å²) in [5, 5.41) is 4.14. The van der Waals surface area contributed by atoms with E-state index in [1.54, 1.807) is 39.3 Å². The fraction of sp³-hybridized carbons (Fsp3) is 0.273. The summed E-state index contributed by atoms with van der Waals surface area (Å²) in [6.45, 7) is 1.91. The van der Waals surface area contributed by atoms with Gasteiger partial charge in [-0.1, -0.05) is 6.07 Å². The maximum atomic E-state index is 13.0. The van der Waals surface area contributed by atoms with Gasteiger partial charge < -0.3 is 14.4 Å². The van der Waals surface area contributed by atoms with E-state index in [0.717, 1.165) is 17.7 Å². The van der Waals surface area contributed by atoms with Gasteiger partial charge in [-0.15, -0.1) is 0 Å². The molecular weight excluding hydrogens is 411 g/mol. The van der Waals surface area contributed by atoms with Crippen molar-refractivity contribution in [2.24, 2.45) is 0 Å². The third-order valence-corrected chi connectivity index (χ3v) is 4.91. The predicted molar refractivity (Wildman–Crippen MR) is 109 cm³/mol. The molecule has 164 valence electrons. The van der Waals surface area contributed by atoms with Crippen molar-refractivity contribution in [1.82, 2.24) is 14.7 Å². The van der Waals surface area contributed by atoms with E-state index >= 15 is 0 Å². The zero-order valence-corrected chi connectivity index (χ0v) is 17.5. The number of ether oxygens (including phenoxy) is 2. The molecule has 2 aromatic carbocycles. The van der Waals surface area contributed by atoms with Crippen molar-refractivity contribution >= 4 is 5.91 Å². The summed E-state index contributed by atoms with van der Waals surface area (Å²) >= 11 is 0. The topological polar surface area (TPSA) is 56.6 Å². The van der Waals surface area contributed by atoms with Crippen molar-refractivity contribution < 1.29 is 27.4 Å². The Morgan fingerprint density at radius 1 is 1.13 bits per heavy atom. The lowest BCUT2D eigenvalue weighted by Crippen LogP contribution is -2.26. The molecular formula is C22H22F3N3O3. The smallest absolute Gasteiger partial charge is 0.416 e. The van der Waals surface area contributed by atoms with E-state index in [4.69, 9.17) is 9.47 Å². The van der Waals surface area contributed by atoms with Gasteiger partial charge in [0.1, 0.15) is 11.5 Å². The molecule has 0 saturated heterocycles. The van der Waals surface area contributed by atoms with Gasteiger partial charge >= 0.3 is 6.18 Å². The lowest BCUT2D eigenvalue weighted by atomic mass is 10.1. The molecule has 0 spiro atoms. The molecule has 3 rings (SSSR count). The van der Waals surface area contributed by atoms with Gasteiger partial charge in [-0.2, -0.15) is 18.3 Å². The molecule has 0 fully saturated rings. The number of rotatable bonds is 6. The molecule has 3 aromatic rings. The van der Waals surface area contributed by atoms with E-state index in [-0.39, 0.29) is 18.1 Å². The van der Waals surface area contributed by atoms with Gasteiger partial charge in [0, 0.05) is 25.2 Å². The van der Waals surface area contributed by atoms with Crippen molar-refractivity contribution in [2.45, 2.75) is 19.6 Å². The first-order chi connectivity index (χ1) is 14.7. The molecule has 0 atom stereocenters. The van der Waals surface area contributed by atoms with E-state index in [9.17, 15) is 18.0 Å². The van der Waals surface area contributed by atoms with E-state index in [1.165, 1.54) is 35.0 Å². The Morgan fingerprint density at radius 2 is 1.87 bits per heavy atom. The molecule has 6 nitrogen and oxygen atoms in total. The number of hydrogen-bond acceptors (Lipinski definition) is 4. The van der Waals surface area contributed by atoms with Crippen LogP contribution >= 0.6 is 0 Å². The number of carbonyl (C=O) groups excluding carboxylic acids is 1. The summed E-state index contributed by atoms with van der Waals surface area (Å²) < 4.78 is 51.0. The summed E-state index contributed by atoms with van der Waals surface area (Å²) in [4.78, 5) is 14.5. The lowest BCUT2D eigenvalue weighted by Gasteiger charge is -2.19. The Balaban J connectivity index is 1.85. The summed E-state index contributed by atoms with van der Waals surface area (Å²) in [5.41, 5.74) is 0.967. The Labute approximate surface area is 177 Å². The van der Waals surface area contributed by atoms with Gasteiger partial charge in [0.25, 0.3) is 5.91 Å². The van der Waals surface area contributed by atoms with Crippen LogP contribution in [-0.4, -0.2) is 41.9 Å². The van der Waals surface area contributed by atoms with E-state index in [0.29, 0.717) is 22.8 Å². The molecule has 0 aliphatic heterocycles. The van der Waals surface area contributed by atoms with Crippen LogP contribution in [0.5, 0.6) is 11.5 Å². The minimum absolute atomic E-state index is 0.228. The molecule has 31 heavy (non-hydrogen) atoms. The number of amides is 1. The molecule has 0 aliphatic carbocycles. The van der Waals surface area contributed by atoms with Crippen molar-refractivity contribution in [2.75, 3.05) is 21.3 Å². The Morgan fingerprint density at radius 3 is 2.52 bits per heavy atom. The molecule has 0 aliphatic rings. The number of hydrogen-bond donors (Lipinski definition) is 0. The summed E-state index contributed by atoms with van der Waals surface area (Å²) in [6.07, 6.45) is -3.10. The Bertz CT molecular complexity index is 1090. The van der Waals surface area contributed by atoms with Crippen LogP contribution in [-0.2, 0) is 12.7 Å². The number of benzene rings is 2. The number of aromatic nitrogens is 2. The van der Waals surface area contributed by atoms with Crippen molar-refractivity contribution in [1.29, 1.82) is 0 Å². The van der Waals surface area contributed by atoms with Crippen LogP contribution in [0.15, 0.2) is 48.7 Å². The quantitative estimate of drug-likeness (QED) is 0.575. The fourth-order valence-electron chi connectivity index (χ4n) is 3.21. The van der Waals surface area contributed by atoms with Crippen LogP contribution in [0, 0.1) is 6.92 Å². The van der Waals surface area contributed by atoms with E-state index in [2.05, 4.69) is 5.10 Å². The average Bonchev–Trinajstić information content (AvgIpc) is 3.14. The Kier molecular flexibility index (Phi) is 6.24. The Hall–Kier alpha value is -3.49. The first-order valence-corrected chi connectivity index (χ1v) is 9.34. The van der Waals surface area contributed by atoms with Crippen LogP contribution in [0.1, 0.15) is 27.2 Å². The van der Waals surface area contributed by atoms with Gasteiger partial charge in [-0.25, -0.2) is 4.68 Å². The SMILES string of the molecule is COc1ccc(CN(C)C(=O)c2cnn(-c3cccc(C(F)(F)F)c3)c2C)c(OC)c1. The van der Waals surface area contributed by atoms with Crippen LogP contribution in [0.25, 0.3) is 5.69 Å². The zero-order valence-electron chi connectivity index (χ0n) is 17.5. The molecule has 0 N–H and O–H groups in total. The summed E-state index contributed by atoms with van der Waals surface area (Å²) in [6, 6.07) is 10.1. The minimum atomic E-state index is -4.46. The molecule has 1 amide bonds. The lowest BCUT2D eigenvalue weighted by molar-refractivity contribution is -0.137. The summed E-state index contributed by atoms with van der Waals surface area (Å²) in [5.74, 6) is 0.900. The maximum absolute atomic E-state index is 13.0. The number of nitrogens with zero attached hydrogens (tertiary/aromatic N) is 3. The van der Waals surface area contributed by atoms with Crippen LogP contribution in [0.3, 0.4) is 0 Å². The molecule has 0 unspecified atom stereocenters. The highest BCUT2D eigenvalue weighted by Crippen LogP contribution is 2.31. The van der Waals surface area contributed by atoms with Gasteiger partial charge in [0.05, 0.1) is 42.9 Å². The zero-order chi connectivity index (χ0) is 22.8. The highest BCUT2D eigenvalue weighted by molar-refractivity contribution is 5.95. The van der Waals surface area contributed by atoms with Crippen LogP contribution < -0.4 is 9.47 Å². The van der Waals surface area contributed by atoms with Gasteiger partial charge in [0.2, 0.25) is 0 Å². The van der Waals surface area contributed by atoms with E-state index in [1.807, 2.05) is 0 Å². The van der Waals surface area contributed by atoms with E-state index < -0.39 is 11.7 Å². The third kappa shape index (κ3) is 4.65. The molecule has 1 heterocycles. The monoisotopic (exact) mass is 433 g/mol. The standard InChI is InChI=1S/C22H22F3N3O3/c1-14-19(12-26-28(14)17-7-5-6-16(10-17)22(23,24)25)21(29)27(2)13-15-8-9-18(30-3)11-20(15)31-4/h5-12H,13H2,1-4H3. The first-order valence-electron chi connectivity index (χ1n) is 9.34. The summed E-state index contributed by atoms with van der Waals surface area (Å²) in [7, 11) is 4.71. The molecule has 9 heteroatoms. The highest BCUT2D eigenvalue weighted by Gasteiger charge is 2.31. The third-order valence-electron chi connectivity index (χ3n) is 4.91. The minimum Gasteiger partial charge on any atom is -0.497 e. The van der Waals surface area contributed by atoms with Crippen molar-refractivity contribution in [3.05, 3.63) is 71.0 Å². The van der Waals surface area contributed by atoms with Gasteiger partial charge in [0.15, 0.2) is 0 Å². The molecule has 0 radical (unpaired) electrons. The normalized spacial score (nSPS) is 11.3. The second kappa shape index (κ2) is 8.71. The predicted octanol–water partition coefficient (Wildman–Crippen LogP) is 4.49. The largest absolute Gasteiger partial charge is 0.497 e. The van der Waals surface area contributed by atoms with Crippen LogP contribution in [0.4, 0.5) is 13.2 Å². The number of halogens is 3. The second-order valence-corrected chi connectivity index (χ2v) is 6.94. The number of methoxy groups -OCH3 is 2. The number of alkyl halides is 3. The van der Waals surface area contributed by atoms with Crippen molar-refractivity contribution in [3.8, 4) is 17.2 Å². The maximum Gasteiger partial charge on any atom is 0.416 e. The average molecular weight is 433 g/mol. The van der Waals surface area contributed by atoms with Gasteiger partial charge in [-0.05, 0) is 37.3 Å². The fourth-order valence-corrected chi connectivity index (χ4v) is 3.21. The van der Waals surface area contributed by atoms with Crippen molar-refractivity contribution in [3.63, 3.8) is 0 Å². The molecule has 1 aromatic heterocycles. The van der Waals surface area contributed by atoms with Gasteiger partial charge in [-0.3, -0.25) is 4.79 Å². The van der Waals surface area contributed by atoms with Crippen LogP contribution in [0.2, 0.25) is 0 Å². The first kappa shape index (κ1) is 22.2. The highest BCUT2D eigenvalue weighted by atomic mass is 19.4. The molecule has 0 bridgehead atoms. The second-order valence-electron chi connectivity index (χ2n) is 6.94. The molecule has 0 saturated carbocycles.